The van der Waals surface area contributed by atoms with Crippen LogP contribution >= 0.6 is 0 Å². The Morgan fingerprint density at radius 1 is 0.952 bits per heavy atom. The van der Waals surface area contributed by atoms with Gasteiger partial charge in [0.1, 0.15) is 5.82 Å². The third-order valence-electron chi connectivity index (χ3n) is 3.66. The summed E-state index contributed by atoms with van der Waals surface area (Å²) in [5, 5.41) is 17.0. The average Bonchev–Trinajstić information content (AvgIpc) is 2.56. The van der Waals surface area contributed by atoms with Gasteiger partial charge in [0.25, 0.3) is 0 Å². The molecule has 0 atom stereocenters. The number of aromatic nitrogens is 2. The lowest BCUT2D eigenvalue weighted by molar-refractivity contribution is 0.275. The van der Waals surface area contributed by atoms with Gasteiger partial charge in [0.2, 0.25) is 0 Å². The summed E-state index contributed by atoms with van der Waals surface area (Å²) < 4.78 is 13.8. The summed E-state index contributed by atoms with van der Waals surface area (Å²) >= 11 is 0. The highest BCUT2D eigenvalue weighted by Gasteiger charge is 2.20. The molecule has 110 valence electrons. The molecule has 5 nitrogen and oxygen atoms in total. The van der Waals surface area contributed by atoms with E-state index in [4.69, 9.17) is 5.11 Å². The van der Waals surface area contributed by atoms with Crippen molar-refractivity contribution in [3.8, 4) is 0 Å². The molecule has 3 rings (SSSR count). The van der Waals surface area contributed by atoms with E-state index in [0.717, 1.165) is 32.0 Å². The Bertz CT molecular complexity index is 597. The molecule has 0 spiro atoms. The molecule has 0 unspecified atom stereocenters. The van der Waals surface area contributed by atoms with Crippen LogP contribution < -0.4 is 9.80 Å². The second-order valence-electron chi connectivity index (χ2n) is 4.97. The maximum absolute atomic E-state index is 13.8. The highest BCUT2D eigenvalue weighted by Crippen LogP contribution is 2.21. The van der Waals surface area contributed by atoms with E-state index in [2.05, 4.69) is 15.1 Å². The monoisotopic (exact) mass is 288 g/mol. The van der Waals surface area contributed by atoms with E-state index in [1.807, 2.05) is 17.0 Å². The number of para-hydroxylation sites is 1. The van der Waals surface area contributed by atoms with Crippen molar-refractivity contribution in [2.75, 3.05) is 36.0 Å². The van der Waals surface area contributed by atoms with Crippen LogP contribution in [-0.2, 0) is 6.61 Å². The Morgan fingerprint density at radius 3 is 2.29 bits per heavy atom. The number of piperazine rings is 1. The van der Waals surface area contributed by atoms with Gasteiger partial charge in [0.05, 0.1) is 18.0 Å². The smallest absolute Gasteiger partial charge is 0.151 e. The fourth-order valence-corrected chi connectivity index (χ4v) is 2.49. The van der Waals surface area contributed by atoms with Gasteiger partial charge in [-0.25, -0.2) is 4.39 Å². The molecule has 0 radical (unpaired) electrons. The summed E-state index contributed by atoms with van der Waals surface area (Å²) in [4.78, 5) is 4.16. The molecule has 1 fully saturated rings. The molecule has 0 aliphatic carbocycles. The SMILES string of the molecule is OCc1ccc(N2CCN(c3ccccc3F)CC2)nn1. The summed E-state index contributed by atoms with van der Waals surface area (Å²) in [7, 11) is 0. The summed E-state index contributed by atoms with van der Waals surface area (Å²) in [6, 6.07) is 10.5. The van der Waals surface area contributed by atoms with Gasteiger partial charge >= 0.3 is 0 Å². The van der Waals surface area contributed by atoms with Crippen molar-refractivity contribution in [1.29, 1.82) is 0 Å². The molecule has 1 aromatic heterocycles. The molecular formula is C15H17FN4O. The number of hydrogen-bond acceptors (Lipinski definition) is 5. The molecule has 0 bridgehead atoms. The summed E-state index contributed by atoms with van der Waals surface area (Å²) in [6.45, 7) is 2.91. The Hall–Kier alpha value is -2.21. The van der Waals surface area contributed by atoms with Gasteiger partial charge in [-0.2, -0.15) is 5.10 Å². The van der Waals surface area contributed by atoms with Crippen molar-refractivity contribution < 1.29 is 9.50 Å². The van der Waals surface area contributed by atoms with E-state index in [1.165, 1.54) is 6.07 Å². The van der Waals surface area contributed by atoms with Gasteiger partial charge in [0, 0.05) is 26.2 Å². The second kappa shape index (κ2) is 6.05. The number of anilines is 2. The second-order valence-corrected chi connectivity index (χ2v) is 4.97. The van der Waals surface area contributed by atoms with Crippen molar-refractivity contribution in [2.24, 2.45) is 0 Å². The molecule has 0 saturated carbocycles. The maximum atomic E-state index is 13.8. The largest absolute Gasteiger partial charge is 0.390 e. The first-order chi connectivity index (χ1) is 10.3. The first-order valence-electron chi connectivity index (χ1n) is 6.96. The predicted molar refractivity (Wildman–Crippen MR) is 78.8 cm³/mol. The highest BCUT2D eigenvalue weighted by atomic mass is 19.1. The fourth-order valence-electron chi connectivity index (χ4n) is 2.49. The number of halogens is 1. The highest BCUT2D eigenvalue weighted by molar-refractivity contribution is 5.50. The van der Waals surface area contributed by atoms with Crippen LogP contribution in [0.2, 0.25) is 0 Å². The van der Waals surface area contributed by atoms with Crippen LogP contribution in [0.5, 0.6) is 0 Å². The first-order valence-corrected chi connectivity index (χ1v) is 6.96. The van der Waals surface area contributed by atoms with Crippen LogP contribution in [0.1, 0.15) is 5.69 Å². The van der Waals surface area contributed by atoms with E-state index in [1.54, 1.807) is 18.2 Å². The topological polar surface area (TPSA) is 52.5 Å². The van der Waals surface area contributed by atoms with Gasteiger partial charge in [-0.05, 0) is 24.3 Å². The van der Waals surface area contributed by atoms with E-state index in [9.17, 15) is 4.39 Å². The van der Waals surface area contributed by atoms with E-state index >= 15 is 0 Å². The normalized spacial score (nSPS) is 15.3. The predicted octanol–water partition coefficient (Wildman–Crippen LogP) is 1.43. The van der Waals surface area contributed by atoms with Crippen molar-refractivity contribution in [2.45, 2.75) is 6.61 Å². The molecule has 2 aromatic rings. The van der Waals surface area contributed by atoms with E-state index < -0.39 is 0 Å². The zero-order valence-corrected chi connectivity index (χ0v) is 11.6. The first kappa shape index (κ1) is 13.8. The molecule has 1 N–H and O–H groups in total. The zero-order chi connectivity index (χ0) is 14.7. The number of aliphatic hydroxyl groups excluding tert-OH is 1. The van der Waals surface area contributed by atoms with Crippen LogP contribution in [0.25, 0.3) is 0 Å². The lowest BCUT2D eigenvalue weighted by atomic mass is 10.2. The van der Waals surface area contributed by atoms with Crippen LogP contribution in [0.15, 0.2) is 36.4 Å². The fraction of sp³-hybridized carbons (Fsp3) is 0.333. The Balaban J connectivity index is 1.66. The minimum Gasteiger partial charge on any atom is -0.390 e. The van der Waals surface area contributed by atoms with Crippen LogP contribution in [-0.4, -0.2) is 41.5 Å². The Labute approximate surface area is 122 Å². The number of benzene rings is 1. The standard InChI is InChI=1S/C15H17FN4O/c16-13-3-1-2-4-14(13)19-7-9-20(10-8-19)15-6-5-12(11-21)17-18-15/h1-6,21H,7-11H2. The molecular weight excluding hydrogens is 271 g/mol. The van der Waals surface area contributed by atoms with Gasteiger partial charge in [-0.3, -0.25) is 0 Å². The van der Waals surface area contributed by atoms with Gasteiger partial charge < -0.3 is 14.9 Å². The molecule has 1 aliphatic heterocycles. The minimum absolute atomic E-state index is 0.103. The Morgan fingerprint density at radius 2 is 1.67 bits per heavy atom. The molecule has 21 heavy (non-hydrogen) atoms. The average molecular weight is 288 g/mol. The molecule has 1 saturated heterocycles. The number of rotatable bonds is 3. The number of hydrogen-bond donors (Lipinski definition) is 1. The van der Waals surface area contributed by atoms with Gasteiger partial charge in [-0.15, -0.1) is 5.10 Å². The quantitative estimate of drug-likeness (QED) is 0.926. The van der Waals surface area contributed by atoms with Gasteiger partial charge in [0.15, 0.2) is 5.82 Å². The van der Waals surface area contributed by atoms with Crippen LogP contribution in [0.3, 0.4) is 0 Å². The van der Waals surface area contributed by atoms with Crippen molar-refractivity contribution in [3.63, 3.8) is 0 Å². The summed E-state index contributed by atoms with van der Waals surface area (Å²) in [6.07, 6.45) is 0. The van der Waals surface area contributed by atoms with Crippen molar-refractivity contribution in [3.05, 3.63) is 47.9 Å². The third-order valence-corrected chi connectivity index (χ3v) is 3.66. The van der Waals surface area contributed by atoms with Gasteiger partial charge in [-0.1, -0.05) is 12.1 Å². The van der Waals surface area contributed by atoms with Crippen LogP contribution in [0, 0.1) is 5.82 Å². The molecule has 0 amide bonds. The zero-order valence-electron chi connectivity index (χ0n) is 11.6. The third kappa shape index (κ3) is 2.95. The molecule has 2 heterocycles. The Kier molecular flexibility index (Phi) is 3.96. The van der Waals surface area contributed by atoms with E-state index in [0.29, 0.717) is 11.4 Å². The molecule has 1 aromatic carbocycles. The molecule has 1 aliphatic rings. The maximum Gasteiger partial charge on any atom is 0.151 e. The number of aliphatic hydroxyl groups is 1. The lowest BCUT2D eigenvalue weighted by Gasteiger charge is -2.36. The summed E-state index contributed by atoms with van der Waals surface area (Å²) in [5.41, 5.74) is 1.21. The molecule has 6 heteroatoms. The summed E-state index contributed by atoms with van der Waals surface area (Å²) in [5.74, 6) is 0.610. The number of nitrogens with zero attached hydrogens (tertiary/aromatic N) is 4. The van der Waals surface area contributed by atoms with Crippen molar-refractivity contribution >= 4 is 11.5 Å². The minimum atomic E-state index is -0.182. The van der Waals surface area contributed by atoms with Crippen molar-refractivity contribution in [1.82, 2.24) is 10.2 Å². The van der Waals surface area contributed by atoms with E-state index in [-0.39, 0.29) is 12.4 Å². The lowest BCUT2D eigenvalue weighted by Crippen LogP contribution is -2.47. The van der Waals surface area contributed by atoms with Crippen LogP contribution in [0.4, 0.5) is 15.9 Å².